The van der Waals surface area contributed by atoms with E-state index in [0.717, 1.165) is 25.7 Å². The van der Waals surface area contributed by atoms with Crippen molar-refractivity contribution in [3.8, 4) is 0 Å². The van der Waals surface area contributed by atoms with Crippen molar-refractivity contribution in [1.82, 2.24) is 0 Å². The molecule has 0 aliphatic heterocycles. The molecule has 0 aromatic heterocycles. The monoisotopic (exact) mass is 294 g/mol. The van der Waals surface area contributed by atoms with Crippen molar-refractivity contribution in [2.24, 2.45) is 0 Å². The number of carbonyl (C=O) groups excluding carboxylic acids is 1. The van der Waals surface area contributed by atoms with Gasteiger partial charge in [0.15, 0.2) is 0 Å². The van der Waals surface area contributed by atoms with Crippen LogP contribution in [0.4, 0.5) is 0 Å². The fraction of sp³-hybridized carbons (Fsp3) is 0.400. The Bertz CT molecular complexity index is 399. The van der Waals surface area contributed by atoms with Crippen LogP contribution < -0.4 is 4.46 Å². The van der Waals surface area contributed by atoms with Crippen LogP contribution in [0.3, 0.4) is 0 Å². The Balaban J connectivity index is 2.22. The van der Waals surface area contributed by atoms with Crippen molar-refractivity contribution in [2.75, 3.05) is 0 Å². The van der Waals surface area contributed by atoms with E-state index >= 15 is 0 Å². The first-order chi connectivity index (χ1) is 8.27. The van der Waals surface area contributed by atoms with Crippen LogP contribution in [-0.4, -0.2) is 20.7 Å². The summed E-state index contributed by atoms with van der Waals surface area (Å²) >= 11 is 0.236. The number of ketones is 1. The van der Waals surface area contributed by atoms with Gasteiger partial charge in [-0.2, -0.15) is 0 Å². The van der Waals surface area contributed by atoms with Gasteiger partial charge in [-0.05, 0) is 0 Å². The van der Waals surface area contributed by atoms with Gasteiger partial charge >= 0.3 is 109 Å². The molecule has 0 radical (unpaired) electrons. The summed E-state index contributed by atoms with van der Waals surface area (Å²) in [4.78, 5) is 12.3. The van der Waals surface area contributed by atoms with Gasteiger partial charge < -0.3 is 0 Å². The first-order valence-corrected chi connectivity index (χ1v) is 7.86. The van der Waals surface area contributed by atoms with Crippen LogP contribution in [0.15, 0.2) is 43.0 Å². The minimum atomic E-state index is -0.103. The summed E-state index contributed by atoms with van der Waals surface area (Å²) in [5.41, 5.74) is 0. The molecule has 0 amide bonds. The molecule has 17 heavy (non-hydrogen) atoms. The minimum absolute atomic E-state index is 0.103. The summed E-state index contributed by atoms with van der Waals surface area (Å²) in [5, 5.41) is 0. The number of carbonyl (C=O) groups is 1. The Kier molecular flexibility index (Phi) is 4.20. The predicted molar refractivity (Wildman–Crippen MR) is 72.8 cm³/mol. The van der Waals surface area contributed by atoms with Crippen molar-refractivity contribution >= 4 is 25.2 Å². The fourth-order valence-corrected chi connectivity index (χ4v) is 5.33. The molecule has 0 spiro atoms. The zero-order chi connectivity index (χ0) is 12.1. The second-order valence-electron chi connectivity index (χ2n) is 4.53. The van der Waals surface area contributed by atoms with Crippen LogP contribution in [-0.2, 0) is 4.79 Å². The van der Waals surface area contributed by atoms with Crippen molar-refractivity contribution < 1.29 is 4.79 Å². The van der Waals surface area contributed by atoms with E-state index in [-0.39, 0.29) is 19.3 Å². The van der Waals surface area contributed by atoms with E-state index in [0.29, 0.717) is 5.78 Å². The van der Waals surface area contributed by atoms with Gasteiger partial charge in [-0.15, -0.1) is 0 Å². The van der Waals surface area contributed by atoms with Gasteiger partial charge in [0.2, 0.25) is 0 Å². The predicted octanol–water partition coefficient (Wildman–Crippen LogP) is 2.89. The van der Waals surface area contributed by atoms with E-state index < -0.39 is 0 Å². The van der Waals surface area contributed by atoms with Crippen LogP contribution in [0.25, 0.3) is 0 Å². The SMILES string of the molecule is C=CCC1([Se]c2ccccc2)CCCCC1=O. The molecule has 2 rings (SSSR count). The van der Waals surface area contributed by atoms with Crippen LogP contribution >= 0.6 is 0 Å². The molecule has 1 unspecified atom stereocenters. The third-order valence-corrected chi connectivity index (χ3v) is 6.41. The van der Waals surface area contributed by atoms with Gasteiger partial charge in [0.1, 0.15) is 0 Å². The molecular weight excluding hydrogens is 275 g/mol. The van der Waals surface area contributed by atoms with Gasteiger partial charge in [-0.3, -0.25) is 0 Å². The molecule has 0 saturated heterocycles. The number of benzene rings is 1. The molecule has 1 atom stereocenters. The summed E-state index contributed by atoms with van der Waals surface area (Å²) < 4.78 is 1.23. The Morgan fingerprint density at radius 2 is 2.06 bits per heavy atom. The number of hydrogen-bond acceptors (Lipinski definition) is 1. The molecule has 1 fully saturated rings. The van der Waals surface area contributed by atoms with E-state index in [1.54, 1.807) is 0 Å². The van der Waals surface area contributed by atoms with Crippen LogP contribution in [0.2, 0.25) is 4.31 Å². The zero-order valence-corrected chi connectivity index (χ0v) is 11.7. The van der Waals surface area contributed by atoms with Gasteiger partial charge in [0.25, 0.3) is 0 Å². The summed E-state index contributed by atoms with van der Waals surface area (Å²) in [6.45, 7) is 3.83. The third kappa shape index (κ3) is 2.88. The van der Waals surface area contributed by atoms with Gasteiger partial charge in [0, 0.05) is 0 Å². The van der Waals surface area contributed by atoms with Gasteiger partial charge in [-0.1, -0.05) is 0 Å². The molecule has 1 aromatic rings. The van der Waals surface area contributed by atoms with Crippen molar-refractivity contribution in [3.63, 3.8) is 0 Å². The van der Waals surface area contributed by atoms with Crippen LogP contribution in [0, 0.1) is 0 Å². The standard InChI is InChI=1S/C15H18OSe/c1-2-11-15(12-7-6-10-14(15)16)17-13-8-4-3-5-9-13/h2-5,8-9H,1,6-7,10-12H2. The molecule has 0 N–H and O–H groups in total. The number of rotatable bonds is 4. The van der Waals surface area contributed by atoms with Crippen molar-refractivity contribution in [2.45, 2.75) is 36.4 Å². The topological polar surface area (TPSA) is 17.1 Å². The summed E-state index contributed by atoms with van der Waals surface area (Å²) in [6, 6.07) is 10.4. The van der Waals surface area contributed by atoms with E-state index in [4.69, 9.17) is 0 Å². The molecular formula is C15H18OSe. The molecule has 1 saturated carbocycles. The average Bonchev–Trinajstić information content (AvgIpc) is 2.35. The molecule has 1 aliphatic rings. The maximum absolute atomic E-state index is 12.3. The van der Waals surface area contributed by atoms with E-state index in [2.05, 4.69) is 30.8 Å². The number of Topliss-reactive ketones (excluding diaryl/α,β-unsaturated/α-hetero) is 1. The Morgan fingerprint density at radius 3 is 2.71 bits per heavy atom. The molecule has 1 aromatic carbocycles. The molecule has 2 heteroatoms. The summed E-state index contributed by atoms with van der Waals surface area (Å²) in [6.07, 6.45) is 6.85. The van der Waals surface area contributed by atoms with E-state index in [9.17, 15) is 4.79 Å². The van der Waals surface area contributed by atoms with Gasteiger partial charge in [0.05, 0.1) is 0 Å². The average molecular weight is 293 g/mol. The molecule has 1 aliphatic carbocycles. The second kappa shape index (κ2) is 5.66. The Hall–Kier alpha value is -0.851. The van der Waals surface area contributed by atoms with Crippen LogP contribution in [0.5, 0.6) is 0 Å². The zero-order valence-electron chi connectivity index (χ0n) is 10.0. The van der Waals surface area contributed by atoms with E-state index in [1.807, 2.05) is 12.1 Å². The number of hydrogen-bond donors (Lipinski definition) is 0. The van der Waals surface area contributed by atoms with Crippen LogP contribution in [0.1, 0.15) is 32.1 Å². The molecule has 0 bridgehead atoms. The molecule has 1 nitrogen and oxygen atoms in total. The van der Waals surface area contributed by atoms with E-state index in [1.165, 1.54) is 10.9 Å². The van der Waals surface area contributed by atoms with Crippen molar-refractivity contribution in [3.05, 3.63) is 43.0 Å². The number of allylic oxidation sites excluding steroid dienone is 1. The summed E-state index contributed by atoms with van der Waals surface area (Å²) in [7, 11) is 0. The quantitative estimate of drug-likeness (QED) is 0.616. The first-order valence-electron chi connectivity index (χ1n) is 6.15. The fourth-order valence-electron chi connectivity index (χ4n) is 2.38. The second-order valence-corrected chi connectivity index (χ2v) is 7.59. The molecule has 0 heterocycles. The normalized spacial score (nSPS) is 24.6. The Morgan fingerprint density at radius 1 is 1.29 bits per heavy atom. The first kappa shape index (κ1) is 12.6. The third-order valence-electron chi connectivity index (χ3n) is 3.27. The Labute approximate surface area is 109 Å². The maximum atomic E-state index is 12.3. The molecule has 90 valence electrons. The summed E-state index contributed by atoms with van der Waals surface area (Å²) in [5.74, 6) is 0.465. The van der Waals surface area contributed by atoms with Crippen molar-refractivity contribution in [1.29, 1.82) is 0 Å². The van der Waals surface area contributed by atoms with Gasteiger partial charge in [-0.25, -0.2) is 0 Å².